The van der Waals surface area contributed by atoms with Gasteiger partial charge in [-0.3, -0.25) is 4.79 Å². The number of H-pyrrole nitrogens is 1. The summed E-state index contributed by atoms with van der Waals surface area (Å²) in [5.41, 5.74) is 0.974. The summed E-state index contributed by atoms with van der Waals surface area (Å²) >= 11 is 7.38. The Hall–Kier alpha value is 0.0600. The van der Waals surface area contributed by atoms with Crippen molar-refractivity contribution in [3.8, 4) is 0 Å². The Morgan fingerprint density at radius 3 is 2.62 bits per heavy atom. The van der Waals surface area contributed by atoms with Crippen molar-refractivity contribution in [3.05, 3.63) is 26.3 Å². The molecule has 3 rings (SSSR count). The van der Waals surface area contributed by atoms with Gasteiger partial charge in [-0.25, -0.2) is 4.98 Å². The molecule has 0 radical (unpaired) electrons. The van der Waals surface area contributed by atoms with Gasteiger partial charge in [-0.2, -0.15) is 11.8 Å². The molecule has 0 spiro atoms. The van der Waals surface area contributed by atoms with E-state index in [0.29, 0.717) is 26.1 Å². The Morgan fingerprint density at radius 1 is 1.24 bits per heavy atom. The van der Waals surface area contributed by atoms with Crippen LogP contribution < -0.4 is 5.56 Å². The fraction of sp³-hybridized carbons (Fsp3) is 0.733. The van der Waals surface area contributed by atoms with Gasteiger partial charge in [-0.05, 0) is 28.8 Å². The largest absolute Gasteiger partial charge is 0.309 e. The fourth-order valence-electron chi connectivity index (χ4n) is 3.04. The van der Waals surface area contributed by atoms with E-state index in [9.17, 15) is 4.79 Å². The summed E-state index contributed by atoms with van der Waals surface area (Å²) in [5, 5.41) is 1.57. The molecule has 0 aromatic carbocycles. The van der Waals surface area contributed by atoms with Crippen LogP contribution in [0.4, 0.5) is 0 Å². The minimum Gasteiger partial charge on any atom is -0.309 e. The summed E-state index contributed by atoms with van der Waals surface area (Å²) in [6, 6.07) is 0. The number of rotatable bonds is 2. The summed E-state index contributed by atoms with van der Waals surface area (Å²) in [4.78, 5) is 20.1. The molecule has 2 fully saturated rings. The zero-order valence-electron chi connectivity index (χ0n) is 12.4. The normalized spacial score (nSPS) is 30.7. The first-order chi connectivity index (χ1) is 10.1. The Bertz CT molecular complexity index is 571. The molecule has 1 saturated heterocycles. The van der Waals surface area contributed by atoms with Crippen LogP contribution in [0.5, 0.6) is 0 Å². The number of aromatic nitrogens is 2. The molecule has 1 aliphatic heterocycles. The third kappa shape index (κ3) is 3.37. The van der Waals surface area contributed by atoms with Crippen LogP contribution in [-0.4, -0.2) is 26.2 Å². The van der Waals surface area contributed by atoms with Crippen LogP contribution in [0.25, 0.3) is 0 Å². The van der Waals surface area contributed by atoms with E-state index in [2.05, 4.69) is 34.8 Å². The van der Waals surface area contributed by atoms with E-state index in [4.69, 9.17) is 4.98 Å². The van der Waals surface area contributed by atoms with Crippen LogP contribution in [0.2, 0.25) is 0 Å². The molecule has 1 aromatic rings. The maximum atomic E-state index is 12.2. The first-order valence-corrected chi connectivity index (χ1v) is 10.4. The van der Waals surface area contributed by atoms with Crippen molar-refractivity contribution in [1.29, 1.82) is 0 Å². The highest BCUT2D eigenvalue weighted by atomic mass is 79.9. The van der Waals surface area contributed by atoms with Crippen LogP contribution in [-0.2, 0) is 0 Å². The Kier molecular flexibility index (Phi) is 5.06. The number of nitrogens with one attached hydrogen (secondary N) is 1. The van der Waals surface area contributed by atoms with Gasteiger partial charge < -0.3 is 4.98 Å². The second-order valence-electron chi connectivity index (χ2n) is 6.00. The Balaban J connectivity index is 1.90. The van der Waals surface area contributed by atoms with Crippen molar-refractivity contribution in [2.45, 2.75) is 61.2 Å². The monoisotopic (exact) mass is 388 g/mol. The second kappa shape index (κ2) is 6.67. The van der Waals surface area contributed by atoms with Gasteiger partial charge in [0.25, 0.3) is 5.56 Å². The quantitative estimate of drug-likeness (QED) is 0.810. The smallest absolute Gasteiger partial charge is 0.265 e. The number of thioether (sulfide) groups is 2. The minimum absolute atomic E-state index is 0.0150. The first-order valence-electron chi connectivity index (χ1n) is 7.63. The van der Waals surface area contributed by atoms with E-state index in [0.717, 1.165) is 30.1 Å². The molecule has 0 bridgehead atoms. The van der Waals surface area contributed by atoms with Gasteiger partial charge in [0.05, 0.1) is 10.9 Å². The maximum absolute atomic E-state index is 12.2. The zero-order chi connectivity index (χ0) is 15.0. The van der Waals surface area contributed by atoms with Crippen LogP contribution in [0.15, 0.2) is 9.27 Å². The van der Waals surface area contributed by atoms with Crippen molar-refractivity contribution in [3.63, 3.8) is 0 Å². The van der Waals surface area contributed by atoms with Gasteiger partial charge in [-0.1, -0.05) is 26.7 Å². The molecule has 2 heterocycles. The van der Waals surface area contributed by atoms with Gasteiger partial charge in [-0.15, -0.1) is 11.8 Å². The molecular formula is C15H21BrN2OS2. The van der Waals surface area contributed by atoms with E-state index in [-0.39, 0.29) is 5.56 Å². The summed E-state index contributed by atoms with van der Waals surface area (Å²) in [6.07, 6.45) is 4.83. The van der Waals surface area contributed by atoms with Crippen molar-refractivity contribution >= 4 is 39.5 Å². The van der Waals surface area contributed by atoms with E-state index in [1.807, 2.05) is 23.5 Å². The molecule has 1 saturated carbocycles. The maximum Gasteiger partial charge on any atom is 0.265 e. The van der Waals surface area contributed by atoms with E-state index in [1.54, 1.807) is 0 Å². The topological polar surface area (TPSA) is 45.8 Å². The highest BCUT2D eigenvalue weighted by Crippen LogP contribution is 2.44. The molecule has 3 nitrogen and oxygen atoms in total. The molecule has 21 heavy (non-hydrogen) atoms. The Labute approximate surface area is 142 Å². The number of nitrogens with zero attached hydrogens (tertiary/aromatic N) is 1. The van der Waals surface area contributed by atoms with E-state index < -0.39 is 0 Å². The van der Waals surface area contributed by atoms with Gasteiger partial charge >= 0.3 is 0 Å². The van der Waals surface area contributed by atoms with Crippen LogP contribution >= 0.6 is 39.5 Å². The number of halogens is 1. The third-order valence-corrected chi connectivity index (χ3v) is 8.67. The molecule has 1 aromatic heterocycles. The van der Waals surface area contributed by atoms with Gasteiger partial charge in [0.1, 0.15) is 10.3 Å². The second-order valence-corrected chi connectivity index (χ2v) is 9.79. The summed E-state index contributed by atoms with van der Waals surface area (Å²) < 4.78 is 0.646. The van der Waals surface area contributed by atoms with E-state index >= 15 is 0 Å². The average Bonchev–Trinajstić information content (AvgIpc) is 2.98. The number of aromatic amines is 1. The molecule has 1 N–H and O–H groups in total. The van der Waals surface area contributed by atoms with Crippen molar-refractivity contribution < 1.29 is 0 Å². The molecule has 2 aliphatic rings. The molecule has 1 aliphatic carbocycles. The SMILES string of the molecule is CC1SCC(c2nc(C3CCCC3)c(Br)c(=O)[nH]2)SC1C. The lowest BCUT2D eigenvalue weighted by atomic mass is 10.0. The van der Waals surface area contributed by atoms with Gasteiger partial charge in [0, 0.05) is 22.2 Å². The summed E-state index contributed by atoms with van der Waals surface area (Å²) in [6.45, 7) is 4.55. The highest BCUT2D eigenvalue weighted by molar-refractivity contribution is 9.10. The number of hydrogen-bond acceptors (Lipinski definition) is 4. The molecule has 116 valence electrons. The van der Waals surface area contributed by atoms with Gasteiger partial charge in [0.15, 0.2) is 0 Å². The lowest BCUT2D eigenvalue weighted by molar-refractivity contribution is 0.674. The first kappa shape index (κ1) is 15.9. The number of hydrogen-bond donors (Lipinski definition) is 1. The Morgan fingerprint density at radius 2 is 1.95 bits per heavy atom. The molecule has 6 heteroatoms. The summed E-state index contributed by atoms with van der Waals surface area (Å²) in [7, 11) is 0. The van der Waals surface area contributed by atoms with Crippen molar-refractivity contribution in [2.24, 2.45) is 0 Å². The summed E-state index contributed by atoms with van der Waals surface area (Å²) in [5.74, 6) is 2.37. The van der Waals surface area contributed by atoms with E-state index in [1.165, 1.54) is 12.8 Å². The van der Waals surface area contributed by atoms with Crippen molar-refractivity contribution in [2.75, 3.05) is 5.75 Å². The average molecular weight is 389 g/mol. The zero-order valence-corrected chi connectivity index (χ0v) is 15.6. The van der Waals surface area contributed by atoms with Gasteiger partial charge in [0.2, 0.25) is 0 Å². The lowest BCUT2D eigenvalue weighted by Gasteiger charge is -2.30. The fourth-order valence-corrected chi connectivity index (χ4v) is 6.42. The van der Waals surface area contributed by atoms with Crippen molar-refractivity contribution in [1.82, 2.24) is 9.97 Å². The third-order valence-electron chi connectivity index (χ3n) is 4.50. The predicted molar refractivity (Wildman–Crippen MR) is 95.5 cm³/mol. The standard InChI is InChI=1S/C15H21BrN2OS2/c1-8-9(2)21-11(7-20-8)14-17-13(10-5-3-4-6-10)12(16)15(19)18-14/h8-11H,3-7H2,1-2H3,(H,17,18,19). The van der Waals surface area contributed by atoms with Crippen LogP contribution in [0.1, 0.15) is 62.2 Å². The molecule has 3 atom stereocenters. The highest BCUT2D eigenvalue weighted by Gasteiger charge is 2.30. The predicted octanol–water partition coefficient (Wildman–Crippen LogP) is 4.49. The molecule has 0 amide bonds. The minimum atomic E-state index is -0.0150. The molecule has 3 unspecified atom stereocenters. The lowest BCUT2D eigenvalue weighted by Crippen LogP contribution is -2.25. The van der Waals surface area contributed by atoms with Crippen LogP contribution in [0, 0.1) is 0 Å². The van der Waals surface area contributed by atoms with Crippen LogP contribution in [0.3, 0.4) is 0 Å². The molecular weight excluding hydrogens is 368 g/mol.